The van der Waals surface area contributed by atoms with Crippen LogP contribution in [-0.4, -0.2) is 22.8 Å². The van der Waals surface area contributed by atoms with Gasteiger partial charge in [-0.2, -0.15) is 0 Å². The number of carbonyl (C=O) groups excluding carboxylic acids is 2. The highest BCUT2D eigenvalue weighted by Crippen LogP contribution is 2.27. The van der Waals surface area contributed by atoms with Gasteiger partial charge in [0, 0.05) is 25.4 Å². The number of carbonyl (C=O) groups is 2. The molecule has 3 aromatic rings. The Morgan fingerprint density at radius 3 is 2.06 bits per heavy atom. The Morgan fingerprint density at radius 1 is 0.906 bits per heavy atom. The highest BCUT2D eigenvalue weighted by molar-refractivity contribution is 5.82. The van der Waals surface area contributed by atoms with E-state index >= 15 is 0 Å². The molecule has 0 bridgehead atoms. The minimum Gasteiger partial charge on any atom is -0.345 e. The zero-order valence-corrected chi connectivity index (χ0v) is 18.5. The summed E-state index contributed by atoms with van der Waals surface area (Å²) >= 11 is 0. The second kappa shape index (κ2) is 10.3. The molecule has 2 amide bonds. The summed E-state index contributed by atoms with van der Waals surface area (Å²) in [7, 11) is 0. The third-order valence-corrected chi connectivity index (χ3v) is 6.28. The van der Waals surface area contributed by atoms with Crippen LogP contribution in [0.15, 0.2) is 84.9 Å². The Balaban J connectivity index is 1.48. The molecule has 4 rings (SSSR count). The number of hydrogen-bond acceptors (Lipinski definition) is 2. The van der Waals surface area contributed by atoms with Crippen LogP contribution in [0.5, 0.6) is 0 Å². The van der Waals surface area contributed by atoms with Gasteiger partial charge in [-0.1, -0.05) is 91.9 Å². The Labute approximate surface area is 190 Å². The molecule has 0 spiro atoms. The van der Waals surface area contributed by atoms with Gasteiger partial charge < -0.3 is 10.2 Å². The van der Waals surface area contributed by atoms with Gasteiger partial charge in [-0.05, 0) is 35.1 Å². The van der Waals surface area contributed by atoms with Crippen molar-refractivity contribution in [1.82, 2.24) is 10.2 Å². The average molecular weight is 427 g/mol. The average Bonchev–Trinajstić information content (AvgIpc) is 3.17. The van der Waals surface area contributed by atoms with E-state index in [0.29, 0.717) is 19.4 Å². The van der Waals surface area contributed by atoms with Gasteiger partial charge in [0.05, 0.1) is 6.04 Å². The maximum atomic E-state index is 13.1. The summed E-state index contributed by atoms with van der Waals surface area (Å²) in [6.07, 6.45) is 2.48. The summed E-state index contributed by atoms with van der Waals surface area (Å²) in [5.74, 6) is 0.104. The van der Waals surface area contributed by atoms with Crippen molar-refractivity contribution in [2.45, 2.75) is 51.2 Å². The molecule has 1 fully saturated rings. The van der Waals surface area contributed by atoms with Crippen LogP contribution in [0.2, 0.25) is 0 Å². The Hall–Kier alpha value is -3.40. The van der Waals surface area contributed by atoms with Gasteiger partial charge in [-0.15, -0.1) is 0 Å². The van der Waals surface area contributed by atoms with Crippen molar-refractivity contribution < 1.29 is 9.59 Å². The first-order chi connectivity index (χ1) is 15.7. The molecule has 1 aliphatic heterocycles. The Morgan fingerprint density at radius 2 is 1.47 bits per heavy atom. The maximum absolute atomic E-state index is 13.1. The minimum atomic E-state index is -0.212. The molecule has 32 heavy (non-hydrogen) atoms. The van der Waals surface area contributed by atoms with Crippen LogP contribution in [0.25, 0.3) is 0 Å². The molecule has 1 aliphatic rings. The molecule has 0 aromatic heterocycles. The zero-order chi connectivity index (χ0) is 22.3. The summed E-state index contributed by atoms with van der Waals surface area (Å²) in [6, 6.07) is 28.0. The van der Waals surface area contributed by atoms with E-state index in [1.54, 1.807) is 0 Å². The third-order valence-electron chi connectivity index (χ3n) is 6.28. The lowest BCUT2D eigenvalue weighted by molar-refractivity contribution is -0.130. The Kier molecular flexibility index (Phi) is 7.00. The van der Waals surface area contributed by atoms with E-state index in [4.69, 9.17) is 0 Å². The van der Waals surface area contributed by atoms with Gasteiger partial charge in [0.2, 0.25) is 11.8 Å². The molecular weight excluding hydrogens is 396 g/mol. The van der Waals surface area contributed by atoms with E-state index in [2.05, 4.69) is 24.4 Å². The normalized spacial score (nSPS) is 15.9. The van der Waals surface area contributed by atoms with E-state index in [1.807, 2.05) is 77.7 Å². The van der Waals surface area contributed by atoms with Gasteiger partial charge >= 0.3 is 0 Å². The smallest absolute Gasteiger partial charge is 0.223 e. The highest BCUT2D eigenvalue weighted by Gasteiger charge is 2.33. The van der Waals surface area contributed by atoms with Crippen LogP contribution in [0, 0.1) is 0 Å². The first-order valence-corrected chi connectivity index (χ1v) is 11.4. The fourth-order valence-electron chi connectivity index (χ4n) is 4.55. The van der Waals surface area contributed by atoms with E-state index in [1.165, 1.54) is 11.1 Å². The van der Waals surface area contributed by atoms with Crippen molar-refractivity contribution >= 4 is 11.8 Å². The quantitative estimate of drug-likeness (QED) is 0.549. The summed E-state index contributed by atoms with van der Waals surface area (Å²) in [4.78, 5) is 27.7. The van der Waals surface area contributed by atoms with Gasteiger partial charge in [0.15, 0.2) is 0 Å². The van der Waals surface area contributed by atoms with Crippen LogP contribution < -0.4 is 5.32 Å². The number of hydrogen-bond donors (Lipinski definition) is 1. The topological polar surface area (TPSA) is 49.4 Å². The lowest BCUT2D eigenvalue weighted by Gasteiger charge is -2.27. The van der Waals surface area contributed by atoms with Crippen LogP contribution in [-0.2, 0) is 22.6 Å². The fourth-order valence-corrected chi connectivity index (χ4v) is 4.55. The SMILES string of the molecule is CCc1ccccc1CN1C(=O)CCC1CC(=O)NC(c1ccccc1)c1ccccc1. The minimum absolute atomic E-state index is 0.0313. The lowest BCUT2D eigenvalue weighted by Crippen LogP contribution is -2.38. The number of nitrogens with one attached hydrogen (secondary N) is 1. The molecule has 0 saturated carbocycles. The second-order valence-corrected chi connectivity index (χ2v) is 8.36. The second-order valence-electron chi connectivity index (χ2n) is 8.36. The van der Waals surface area contributed by atoms with Gasteiger partial charge in [-0.25, -0.2) is 0 Å². The van der Waals surface area contributed by atoms with E-state index < -0.39 is 0 Å². The van der Waals surface area contributed by atoms with E-state index in [9.17, 15) is 9.59 Å². The summed E-state index contributed by atoms with van der Waals surface area (Å²) in [5.41, 5.74) is 4.51. The predicted octanol–water partition coefficient (Wildman–Crippen LogP) is 5.04. The molecule has 1 atom stereocenters. The molecule has 0 radical (unpaired) electrons. The largest absolute Gasteiger partial charge is 0.345 e. The molecule has 4 nitrogen and oxygen atoms in total. The standard InChI is InChI=1S/C28H30N2O2/c1-2-21-11-9-10-16-24(21)20-30-25(17-18-27(30)32)19-26(31)29-28(22-12-5-3-6-13-22)23-14-7-4-8-15-23/h3-16,25,28H,2,17-20H2,1H3,(H,29,31). The van der Waals surface area contributed by atoms with Crippen LogP contribution in [0.3, 0.4) is 0 Å². The fraction of sp³-hybridized carbons (Fsp3) is 0.286. The molecular formula is C28H30N2O2. The number of rotatable bonds is 8. The number of amides is 2. The molecule has 0 aliphatic carbocycles. The van der Waals surface area contributed by atoms with Crippen LogP contribution >= 0.6 is 0 Å². The number of likely N-dealkylation sites (tertiary alicyclic amines) is 1. The summed E-state index contributed by atoms with van der Waals surface area (Å²) in [6.45, 7) is 2.70. The van der Waals surface area contributed by atoms with Crippen molar-refractivity contribution in [2.24, 2.45) is 0 Å². The predicted molar refractivity (Wildman–Crippen MR) is 127 cm³/mol. The Bertz CT molecular complexity index is 1010. The lowest BCUT2D eigenvalue weighted by atomic mass is 9.98. The highest BCUT2D eigenvalue weighted by atomic mass is 16.2. The van der Waals surface area contributed by atoms with Crippen molar-refractivity contribution in [3.63, 3.8) is 0 Å². The number of benzene rings is 3. The van der Waals surface area contributed by atoms with Crippen LogP contribution in [0.4, 0.5) is 0 Å². The molecule has 1 unspecified atom stereocenters. The zero-order valence-electron chi connectivity index (χ0n) is 18.5. The molecule has 4 heteroatoms. The van der Waals surface area contributed by atoms with Gasteiger partial charge in [-0.3, -0.25) is 9.59 Å². The van der Waals surface area contributed by atoms with Crippen molar-refractivity contribution in [3.05, 3.63) is 107 Å². The first-order valence-electron chi connectivity index (χ1n) is 11.4. The number of aryl methyl sites for hydroxylation is 1. The summed E-state index contributed by atoms with van der Waals surface area (Å²) < 4.78 is 0. The maximum Gasteiger partial charge on any atom is 0.223 e. The monoisotopic (exact) mass is 426 g/mol. The third kappa shape index (κ3) is 5.08. The van der Waals surface area contributed by atoms with Crippen molar-refractivity contribution in [3.8, 4) is 0 Å². The van der Waals surface area contributed by atoms with Crippen LogP contribution in [0.1, 0.15) is 54.5 Å². The summed E-state index contributed by atoms with van der Waals surface area (Å²) in [5, 5.41) is 3.22. The molecule has 3 aromatic carbocycles. The van der Waals surface area contributed by atoms with E-state index in [-0.39, 0.29) is 23.9 Å². The first kappa shape index (κ1) is 21.8. The van der Waals surface area contributed by atoms with E-state index in [0.717, 1.165) is 24.0 Å². The molecule has 1 saturated heterocycles. The van der Waals surface area contributed by atoms with Crippen molar-refractivity contribution in [2.75, 3.05) is 0 Å². The van der Waals surface area contributed by atoms with Gasteiger partial charge in [0.25, 0.3) is 0 Å². The number of nitrogens with zero attached hydrogens (tertiary/aromatic N) is 1. The van der Waals surface area contributed by atoms with Gasteiger partial charge in [0.1, 0.15) is 0 Å². The molecule has 1 heterocycles. The molecule has 164 valence electrons. The van der Waals surface area contributed by atoms with Crippen molar-refractivity contribution in [1.29, 1.82) is 0 Å². The molecule has 1 N–H and O–H groups in total.